The zero-order chi connectivity index (χ0) is 8.27. The van der Waals surface area contributed by atoms with Crippen molar-refractivity contribution in [3.8, 4) is 0 Å². The summed E-state index contributed by atoms with van der Waals surface area (Å²) in [5.74, 6) is 0.453. The predicted octanol–water partition coefficient (Wildman–Crippen LogP) is -0.141. The lowest BCUT2D eigenvalue weighted by molar-refractivity contribution is 0.111. The Morgan fingerprint density at radius 3 is 2.91 bits per heavy atom. The lowest BCUT2D eigenvalue weighted by Gasteiger charge is -1.98. The molecule has 1 aromatic heterocycles. The molecule has 0 saturated carbocycles. The van der Waals surface area contributed by atoms with Gasteiger partial charge in [0.1, 0.15) is 0 Å². The van der Waals surface area contributed by atoms with Gasteiger partial charge in [-0.05, 0) is 0 Å². The molecule has 0 aliphatic rings. The van der Waals surface area contributed by atoms with Crippen LogP contribution in [0.15, 0.2) is 12.7 Å². The second-order valence-electron chi connectivity index (χ2n) is 1.93. The van der Waals surface area contributed by atoms with Crippen molar-refractivity contribution in [2.45, 2.75) is 6.54 Å². The molecule has 5 nitrogen and oxygen atoms in total. The van der Waals surface area contributed by atoms with Crippen LogP contribution < -0.4 is 5.73 Å². The molecule has 0 amide bonds. The van der Waals surface area contributed by atoms with Crippen molar-refractivity contribution in [2.24, 2.45) is 0 Å². The van der Waals surface area contributed by atoms with E-state index in [9.17, 15) is 4.79 Å². The summed E-state index contributed by atoms with van der Waals surface area (Å²) in [5, 5.41) is 7.04. The fraction of sp³-hybridized carbons (Fsp3) is 0.167. The zero-order valence-corrected chi connectivity index (χ0v) is 5.90. The third-order valence-electron chi connectivity index (χ3n) is 1.23. The maximum absolute atomic E-state index is 10.3. The number of nitrogens with two attached hydrogens (primary N) is 1. The summed E-state index contributed by atoms with van der Waals surface area (Å²) in [6, 6.07) is 0. The fourth-order valence-corrected chi connectivity index (χ4v) is 0.731. The molecule has 0 atom stereocenters. The van der Waals surface area contributed by atoms with Crippen LogP contribution in [0.1, 0.15) is 10.6 Å². The Balaban J connectivity index is 3.06. The lowest BCUT2D eigenvalue weighted by Crippen LogP contribution is -2.05. The number of allylic oxidation sites excluding steroid dienone is 1. The minimum atomic E-state index is 0.224. The van der Waals surface area contributed by atoms with Crippen molar-refractivity contribution in [3.05, 3.63) is 18.5 Å². The standard InChI is InChI=1S/C6H8N4O/c1-2-3-10-5(4-11)8-9-6(10)7/h2,4H,1,3H2,(H2,7,9). The maximum Gasteiger partial charge on any atom is 0.222 e. The highest BCUT2D eigenvalue weighted by Crippen LogP contribution is 2.00. The van der Waals surface area contributed by atoms with E-state index in [1.165, 1.54) is 4.57 Å². The normalized spacial score (nSPS) is 9.45. The summed E-state index contributed by atoms with van der Waals surface area (Å²) in [7, 11) is 0. The van der Waals surface area contributed by atoms with Crippen LogP contribution >= 0.6 is 0 Å². The minimum Gasteiger partial charge on any atom is -0.368 e. The van der Waals surface area contributed by atoms with Gasteiger partial charge >= 0.3 is 0 Å². The van der Waals surface area contributed by atoms with E-state index < -0.39 is 0 Å². The number of hydrogen-bond acceptors (Lipinski definition) is 4. The monoisotopic (exact) mass is 152 g/mol. The molecule has 11 heavy (non-hydrogen) atoms. The van der Waals surface area contributed by atoms with Crippen LogP contribution in [0.25, 0.3) is 0 Å². The quantitative estimate of drug-likeness (QED) is 0.483. The molecule has 0 aliphatic carbocycles. The first kappa shape index (κ1) is 7.46. The van der Waals surface area contributed by atoms with Gasteiger partial charge in [-0.1, -0.05) is 6.08 Å². The van der Waals surface area contributed by atoms with Crippen molar-refractivity contribution in [1.82, 2.24) is 14.8 Å². The number of nitrogens with zero attached hydrogens (tertiary/aromatic N) is 3. The first-order chi connectivity index (χ1) is 5.29. The number of carbonyl (C=O) groups excluding carboxylic acids is 1. The molecule has 1 heterocycles. The van der Waals surface area contributed by atoms with E-state index in [0.29, 0.717) is 12.8 Å². The Labute approximate surface area is 63.5 Å². The van der Waals surface area contributed by atoms with E-state index in [1.807, 2.05) is 0 Å². The Morgan fingerprint density at radius 2 is 2.36 bits per heavy atom. The van der Waals surface area contributed by atoms with E-state index in [-0.39, 0.29) is 11.8 Å². The summed E-state index contributed by atoms with van der Waals surface area (Å²) in [6.45, 7) is 3.96. The highest BCUT2D eigenvalue weighted by molar-refractivity contribution is 5.69. The van der Waals surface area contributed by atoms with Crippen molar-refractivity contribution < 1.29 is 4.79 Å². The molecule has 0 saturated heterocycles. The van der Waals surface area contributed by atoms with Crippen LogP contribution in [0.3, 0.4) is 0 Å². The molecule has 0 spiro atoms. The van der Waals surface area contributed by atoms with Gasteiger partial charge in [-0.15, -0.1) is 16.8 Å². The van der Waals surface area contributed by atoms with E-state index in [0.717, 1.165) is 0 Å². The van der Waals surface area contributed by atoms with Crippen molar-refractivity contribution in [2.75, 3.05) is 5.73 Å². The van der Waals surface area contributed by atoms with Crippen LogP contribution in [0.2, 0.25) is 0 Å². The largest absolute Gasteiger partial charge is 0.368 e. The minimum absolute atomic E-state index is 0.224. The molecule has 2 N–H and O–H groups in total. The number of aldehydes is 1. The second kappa shape index (κ2) is 2.96. The van der Waals surface area contributed by atoms with Gasteiger partial charge in [-0.2, -0.15) is 0 Å². The van der Waals surface area contributed by atoms with E-state index >= 15 is 0 Å². The average molecular weight is 152 g/mol. The highest BCUT2D eigenvalue weighted by atomic mass is 16.1. The van der Waals surface area contributed by atoms with Crippen LogP contribution in [0, 0.1) is 0 Å². The number of aromatic nitrogens is 3. The lowest BCUT2D eigenvalue weighted by atomic mass is 10.5. The van der Waals surface area contributed by atoms with E-state index in [2.05, 4.69) is 16.8 Å². The van der Waals surface area contributed by atoms with Gasteiger partial charge in [0, 0.05) is 6.54 Å². The molecule has 0 aliphatic heterocycles. The first-order valence-electron chi connectivity index (χ1n) is 3.04. The summed E-state index contributed by atoms with van der Waals surface area (Å²) < 4.78 is 1.47. The van der Waals surface area contributed by atoms with Gasteiger partial charge in [-0.25, -0.2) is 0 Å². The maximum atomic E-state index is 10.3. The fourth-order valence-electron chi connectivity index (χ4n) is 0.731. The second-order valence-corrected chi connectivity index (χ2v) is 1.93. The SMILES string of the molecule is C=CCn1c(N)nnc1C=O. The van der Waals surface area contributed by atoms with Gasteiger partial charge in [0.2, 0.25) is 5.95 Å². The van der Waals surface area contributed by atoms with Crippen molar-refractivity contribution >= 4 is 12.2 Å². The molecule has 0 fully saturated rings. The zero-order valence-electron chi connectivity index (χ0n) is 5.90. The number of hydrogen-bond donors (Lipinski definition) is 1. The van der Waals surface area contributed by atoms with E-state index in [1.54, 1.807) is 6.08 Å². The molecule has 1 rings (SSSR count). The molecule has 0 aromatic carbocycles. The molecule has 58 valence electrons. The molecule has 0 unspecified atom stereocenters. The summed E-state index contributed by atoms with van der Waals surface area (Å²) >= 11 is 0. The van der Waals surface area contributed by atoms with Gasteiger partial charge in [0.05, 0.1) is 0 Å². The van der Waals surface area contributed by atoms with Crippen LogP contribution in [0.5, 0.6) is 0 Å². The smallest absolute Gasteiger partial charge is 0.222 e. The molecule has 5 heteroatoms. The van der Waals surface area contributed by atoms with Crippen LogP contribution in [-0.4, -0.2) is 21.1 Å². The van der Waals surface area contributed by atoms with E-state index in [4.69, 9.17) is 5.73 Å². The van der Waals surface area contributed by atoms with Crippen LogP contribution in [-0.2, 0) is 6.54 Å². The van der Waals surface area contributed by atoms with Crippen LogP contribution in [0.4, 0.5) is 5.95 Å². The van der Waals surface area contributed by atoms with Crippen molar-refractivity contribution in [1.29, 1.82) is 0 Å². The topological polar surface area (TPSA) is 73.8 Å². The summed E-state index contributed by atoms with van der Waals surface area (Å²) in [4.78, 5) is 10.3. The number of rotatable bonds is 3. The third-order valence-corrected chi connectivity index (χ3v) is 1.23. The molecular weight excluding hydrogens is 144 g/mol. The Kier molecular flexibility index (Phi) is 2.00. The number of nitrogen functional groups attached to an aromatic ring is 1. The van der Waals surface area contributed by atoms with Gasteiger partial charge in [0.25, 0.3) is 0 Å². The van der Waals surface area contributed by atoms with Gasteiger partial charge in [-0.3, -0.25) is 9.36 Å². The first-order valence-corrected chi connectivity index (χ1v) is 3.04. The highest BCUT2D eigenvalue weighted by Gasteiger charge is 2.04. The summed E-state index contributed by atoms with van der Waals surface area (Å²) in [6.07, 6.45) is 2.22. The van der Waals surface area contributed by atoms with Gasteiger partial charge < -0.3 is 5.73 Å². The number of anilines is 1. The Morgan fingerprint density at radius 1 is 1.64 bits per heavy atom. The van der Waals surface area contributed by atoms with Gasteiger partial charge in [0.15, 0.2) is 12.1 Å². The molecule has 0 radical (unpaired) electrons. The number of carbonyl (C=O) groups is 1. The average Bonchev–Trinajstić information content (AvgIpc) is 2.34. The van der Waals surface area contributed by atoms with Crippen molar-refractivity contribution in [3.63, 3.8) is 0 Å². The molecule has 0 bridgehead atoms. The predicted molar refractivity (Wildman–Crippen MR) is 40.0 cm³/mol. The third kappa shape index (κ3) is 1.26. The summed E-state index contributed by atoms with van der Waals surface area (Å²) in [5.41, 5.74) is 5.39. The Bertz CT molecular complexity index is 278. The molecular formula is C6H8N4O. The molecule has 1 aromatic rings. The Hall–Kier alpha value is -1.65.